The number of benzene rings is 1. The van der Waals surface area contributed by atoms with Crippen molar-refractivity contribution >= 4 is 29.2 Å². The van der Waals surface area contributed by atoms with Gasteiger partial charge in [-0.2, -0.15) is 0 Å². The number of aliphatic carboxylic acids is 1. The summed E-state index contributed by atoms with van der Waals surface area (Å²) in [7, 11) is 0. The fourth-order valence-corrected chi connectivity index (χ4v) is 2.02. The predicted octanol–water partition coefficient (Wildman–Crippen LogP) is 1.11. The summed E-state index contributed by atoms with van der Waals surface area (Å²) in [5.41, 5.74) is 0. The van der Waals surface area contributed by atoms with E-state index in [1.165, 1.54) is 19.1 Å². The maximum Gasteiger partial charge on any atom is 0.344 e. The van der Waals surface area contributed by atoms with Crippen LogP contribution in [0.5, 0.6) is 5.75 Å². The summed E-state index contributed by atoms with van der Waals surface area (Å²) in [6, 6.07) is 4.61. The van der Waals surface area contributed by atoms with Gasteiger partial charge in [0.25, 0.3) is 0 Å². The van der Waals surface area contributed by atoms with Gasteiger partial charge in [0.05, 0.1) is 24.8 Å². The molecule has 1 rings (SSSR count). The molecule has 0 aliphatic heterocycles. The molecule has 9 heteroatoms. The van der Waals surface area contributed by atoms with E-state index >= 15 is 0 Å². The number of carboxylic acid groups (broad SMARTS) is 1. The van der Waals surface area contributed by atoms with Crippen molar-refractivity contribution in [1.82, 2.24) is 4.90 Å². The minimum atomic E-state index is -1.05. The summed E-state index contributed by atoms with van der Waals surface area (Å²) in [5, 5.41) is 34.8. The molecule has 0 amide bonds. The summed E-state index contributed by atoms with van der Waals surface area (Å²) in [6.07, 6.45) is -0.936. The number of nitrogens with zero attached hydrogens (tertiary/aromatic N) is 1. The fraction of sp³-hybridized carbons (Fsp3) is 0.533. The number of aliphatic hydroxyl groups excluding tert-OH is 3. The van der Waals surface area contributed by atoms with Gasteiger partial charge in [0.15, 0.2) is 6.10 Å². The number of aliphatic hydroxyl groups is 3. The van der Waals surface area contributed by atoms with Gasteiger partial charge in [0.2, 0.25) is 0 Å². The lowest BCUT2D eigenvalue weighted by molar-refractivity contribution is -0.144. The molecule has 0 aliphatic rings. The number of carboxylic acids is 1. The highest BCUT2D eigenvalue weighted by atomic mass is 35.5. The number of ether oxygens (including phenoxy) is 1. The maximum atomic E-state index is 10.5. The maximum absolute atomic E-state index is 10.5. The van der Waals surface area contributed by atoms with Gasteiger partial charge in [-0.25, -0.2) is 4.79 Å². The van der Waals surface area contributed by atoms with Gasteiger partial charge >= 0.3 is 5.97 Å². The molecule has 1 aromatic rings. The van der Waals surface area contributed by atoms with Gasteiger partial charge in [-0.05, 0) is 25.1 Å². The molecule has 0 saturated heterocycles. The second kappa shape index (κ2) is 13.2. The molecule has 1 unspecified atom stereocenters. The summed E-state index contributed by atoms with van der Waals surface area (Å²) in [5.74, 6) is -0.734. The molecule has 0 fully saturated rings. The van der Waals surface area contributed by atoms with Crippen molar-refractivity contribution in [2.75, 3.05) is 39.5 Å². The number of hydrogen-bond donors (Lipinski definition) is 4. The topological polar surface area (TPSA) is 110 Å². The molecule has 1 atom stereocenters. The van der Waals surface area contributed by atoms with E-state index in [9.17, 15) is 4.79 Å². The Bertz CT molecular complexity index is 475. The van der Waals surface area contributed by atoms with E-state index in [0.717, 1.165) is 0 Å². The zero-order chi connectivity index (χ0) is 18.5. The first-order chi connectivity index (χ1) is 11.3. The van der Waals surface area contributed by atoms with Crippen LogP contribution in [-0.2, 0) is 4.79 Å². The van der Waals surface area contributed by atoms with Crippen LogP contribution in [0.3, 0.4) is 0 Å². The average Bonchev–Trinajstić information content (AvgIpc) is 2.51. The molecule has 24 heavy (non-hydrogen) atoms. The third kappa shape index (κ3) is 9.92. The molecule has 4 N–H and O–H groups in total. The van der Waals surface area contributed by atoms with Gasteiger partial charge in [-0.15, -0.1) is 0 Å². The number of hydrogen-bond acceptors (Lipinski definition) is 6. The Morgan fingerprint density at radius 1 is 1.12 bits per heavy atom. The molecular weight excluding hydrogens is 361 g/mol. The van der Waals surface area contributed by atoms with E-state index in [-0.39, 0.29) is 19.8 Å². The van der Waals surface area contributed by atoms with Crippen LogP contribution in [0.25, 0.3) is 0 Å². The van der Waals surface area contributed by atoms with Crippen LogP contribution in [0, 0.1) is 0 Å². The Kier molecular flexibility index (Phi) is 12.6. The zero-order valence-corrected chi connectivity index (χ0v) is 14.9. The normalized spacial score (nSPS) is 11.6. The Balaban J connectivity index is 0.000000470. The van der Waals surface area contributed by atoms with Crippen molar-refractivity contribution in [3.63, 3.8) is 0 Å². The average molecular weight is 384 g/mol. The van der Waals surface area contributed by atoms with E-state index in [1.54, 1.807) is 11.0 Å². The van der Waals surface area contributed by atoms with Crippen molar-refractivity contribution in [2.45, 2.75) is 13.0 Å². The van der Waals surface area contributed by atoms with Crippen LogP contribution in [0.4, 0.5) is 0 Å². The predicted molar refractivity (Wildman–Crippen MR) is 91.9 cm³/mol. The molecule has 0 bridgehead atoms. The lowest BCUT2D eigenvalue weighted by atomic mass is 10.3. The lowest BCUT2D eigenvalue weighted by Crippen LogP contribution is -2.32. The summed E-state index contributed by atoms with van der Waals surface area (Å²) < 4.78 is 5.07. The third-order valence-corrected chi connectivity index (χ3v) is 3.32. The minimum Gasteiger partial charge on any atom is -0.479 e. The fourth-order valence-electron chi connectivity index (χ4n) is 1.57. The Labute approximate surface area is 151 Å². The number of rotatable bonds is 9. The van der Waals surface area contributed by atoms with Crippen molar-refractivity contribution in [3.8, 4) is 5.75 Å². The second-order valence-electron chi connectivity index (χ2n) is 4.69. The largest absolute Gasteiger partial charge is 0.479 e. The van der Waals surface area contributed by atoms with Crippen LogP contribution in [-0.4, -0.2) is 76.9 Å². The van der Waals surface area contributed by atoms with E-state index < -0.39 is 12.1 Å². The summed E-state index contributed by atoms with van der Waals surface area (Å²) >= 11 is 11.4. The van der Waals surface area contributed by atoms with E-state index in [2.05, 4.69) is 0 Å². The Morgan fingerprint density at radius 2 is 1.62 bits per heavy atom. The highest BCUT2D eigenvalue weighted by Crippen LogP contribution is 2.28. The molecule has 0 aliphatic carbocycles. The van der Waals surface area contributed by atoms with Crippen LogP contribution >= 0.6 is 23.2 Å². The van der Waals surface area contributed by atoms with Crippen LogP contribution < -0.4 is 4.74 Å². The summed E-state index contributed by atoms with van der Waals surface area (Å²) in [4.78, 5) is 12.3. The lowest BCUT2D eigenvalue weighted by Gasteiger charge is -2.17. The van der Waals surface area contributed by atoms with Crippen molar-refractivity contribution in [2.24, 2.45) is 0 Å². The third-order valence-electron chi connectivity index (χ3n) is 2.79. The van der Waals surface area contributed by atoms with E-state index in [4.69, 9.17) is 48.4 Å². The Hall–Kier alpha value is -1.09. The van der Waals surface area contributed by atoms with Crippen molar-refractivity contribution < 1.29 is 30.0 Å². The zero-order valence-electron chi connectivity index (χ0n) is 13.4. The highest BCUT2D eigenvalue weighted by Gasteiger charge is 2.14. The monoisotopic (exact) mass is 383 g/mol. The van der Waals surface area contributed by atoms with E-state index in [1.807, 2.05) is 0 Å². The summed E-state index contributed by atoms with van der Waals surface area (Å²) in [6.45, 7) is 3.18. The molecule has 0 radical (unpaired) electrons. The van der Waals surface area contributed by atoms with Gasteiger partial charge in [0, 0.05) is 24.7 Å². The standard InChI is InChI=1S/C9H8Cl2O3.C6H15NO3/c1-5(9(12)13)14-8-3-2-6(10)4-7(8)11;8-4-1-7(2-5-9)3-6-10/h2-5H,1H3,(H,12,13);8-10H,1-6H2. The Morgan fingerprint density at radius 3 is 2.00 bits per heavy atom. The SMILES string of the molecule is CC(Oc1ccc(Cl)cc1Cl)C(=O)O.OCCN(CCO)CCO. The first-order valence-electron chi connectivity index (χ1n) is 7.25. The molecule has 0 saturated carbocycles. The van der Waals surface area contributed by atoms with Gasteiger partial charge in [-0.1, -0.05) is 23.2 Å². The minimum absolute atomic E-state index is 0.0694. The first kappa shape index (κ1) is 22.9. The van der Waals surface area contributed by atoms with Gasteiger partial charge in [0.1, 0.15) is 5.75 Å². The van der Waals surface area contributed by atoms with E-state index in [0.29, 0.717) is 35.4 Å². The number of carbonyl (C=O) groups is 1. The first-order valence-corrected chi connectivity index (χ1v) is 8.00. The van der Waals surface area contributed by atoms with Gasteiger partial charge in [-0.3, -0.25) is 4.90 Å². The molecule has 138 valence electrons. The molecule has 7 nitrogen and oxygen atoms in total. The van der Waals surface area contributed by atoms with Gasteiger partial charge < -0.3 is 25.2 Å². The van der Waals surface area contributed by atoms with Crippen LogP contribution in [0.15, 0.2) is 18.2 Å². The van der Waals surface area contributed by atoms with Crippen LogP contribution in [0.2, 0.25) is 10.0 Å². The van der Waals surface area contributed by atoms with Crippen LogP contribution in [0.1, 0.15) is 6.92 Å². The molecule has 0 spiro atoms. The quantitative estimate of drug-likeness (QED) is 0.505. The molecule has 0 heterocycles. The second-order valence-corrected chi connectivity index (χ2v) is 5.53. The van der Waals surface area contributed by atoms with Crippen molar-refractivity contribution in [1.29, 1.82) is 0 Å². The smallest absolute Gasteiger partial charge is 0.344 e. The molecule has 0 aromatic heterocycles. The molecular formula is C15H23Cl2NO6. The molecule has 1 aromatic carbocycles. The number of halogens is 2. The van der Waals surface area contributed by atoms with Crippen molar-refractivity contribution in [3.05, 3.63) is 28.2 Å². The highest BCUT2D eigenvalue weighted by molar-refractivity contribution is 6.35.